The normalized spacial score (nSPS) is 13.7. The van der Waals surface area contributed by atoms with Crippen LogP contribution in [-0.4, -0.2) is 17.2 Å². The molecule has 3 aromatic rings. The molecule has 3 aromatic carbocycles. The third kappa shape index (κ3) is 4.80. The van der Waals surface area contributed by atoms with Gasteiger partial charge in [0.1, 0.15) is 5.75 Å². The Bertz CT molecular complexity index is 994. The molecule has 1 unspecified atom stereocenters. The zero-order valence-electron chi connectivity index (χ0n) is 16.1. The summed E-state index contributed by atoms with van der Waals surface area (Å²) in [4.78, 5) is 11.7. The molecule has 0 aliphatic heterocycles. The second kappa shape index (κ2) is 8.71. The molecule has 0 saturated carbocycles. The van der Waals surface area contributed by atoms with Gasteiger partial charge in [-0.15, -0.1) is 0 Å². The number of benzene rings is 3. The third-order valence-electron chi connectivity index (χ3n) is 5.45. The highest BCUT2D eigenvalue weighted by molar-refractivity contribution is 6.30. The Hall–Kier alpha value is -2.78. The minimum Gasteiger partial charge on any atom is -0.479 e. The number of hydrogen-bond acceptors (Lipinski definition) is 2. The number of aliphatic carboxylic acids is 1. The number of aryl methyl sites for hydroxylation is 3. The summed E-state index contributed by atoms with van der Waals surface area (Å²) in [6.07, 6.45) is 3.52. The number of fused-ring (bicyclic) bond motifs is 1. The number of carboxylic acid groups (broad SMARTS) is 1. The maximum atomic E-state index is 11.7. The molecule has 29 heavy (non-hydrogen) atoms. The van der Waals surface area contributed by atoms with Crippen molar-refractivity contribution >= 4 is 17.6 Å². The Kier molecular flexibility index (Phi) is 5.86. The van der Waals surface area contributed by atoms with Crippen LogP contribution in [0.1, 0.15) is 29.5 Å². The summed E-state index contributed by atoms with van der Waals surface area (Å²) in [5, 5.41) is 10.3. The summed E-state index contributed by atoms with van der Waals surface area (Å²) in [7, 11) is 0. The van der Waals surface area contributed by atoms with Crippen molar-refractivity contribution in [2.24, 2.45) is 0 Å². The largest absolute Gasteiger partial charge is 0.479 e. The summed E-state index contributed by atoms with van der Waals surface area (Å²) >= 11 is 5.95. The van der Waals surface area contributed by atoms with Gasteiger partial charge in [-0.1, -0.05) is 54.1 Å². The van der Waals surface area contributed by atoms with Gasteiger partial charge in [0, 0.05) is 5.02 Å². The van der Waals surface area contributed by atoms with Gasteiger partial charge in [0.15, 0.2) is 6.10 Å². The molecule has 1 atom stereocenters. The van der Waals surface area contributed by atoms with E-state index in [0.717, 1.165) is 36.0 Å². The summed E-state index contributed by atoms with van der Waals surface area (Å²) in [6.45, 7) is 0. The van der Waals surface area contributed by atoms with Crippen molar-refractivity contribution in [2.45, 2.75) is 38.2 Å². The van der Waals surface area contributed by atoms with Crippen molar-refractivity contribution in [3.63, 3.8) is 0 Å². The maximum Gasteiger partial charge on any atom is 0.344 e. The van der Waals surface area contributed by atoms with E-state index < -0.39 is 12.1 Å². The topological polar surface area (TPSA) is 46.5 Å². The van der Waals surface area contributed by atoms with Crippen LogP contribution in [0.15, 0.2) is 66.7 Å². The van der Waals surface area contributed by atoms with Crippen LogP contribution >= 0.6 is 11.6 Å². The molecule has 0 saturated heterocycles. The predicted molar refractivity (Wildman–Crippen MR) is 116 cm³/mol. The van der Waals surface area contributed by atoms with E-state index >= 15 is 0 Å². The highest BCUT2D eigenvalue weighted by atomic mass is 35.5. The second-order valence-electron chi connectivity index (χ2n) is 7.47. The molecule has 4 rings (SSSR count). The Morgan fingerprint density at radius 3 is 2.28 bits per heavy atom. The van der Waals surface area contributed by atoms with Crippen molar-refractivity contribution in [3.05, 3.63) is 88.4 Å². The lowest BCUT2D eigenvalue weighted by Crippen LogP contribution is -2.27. The van der Waals surface area contributed by atoms with Gasteiger partial charge in [0.2, 0.25) is 0 Å². The Morgan fingerprint density at radius 1 is 0.931 bits per heavy atom. The number of carbonyl (C=O) groups is 1. The van der Waals surface area contributed by atoms with Crippen molar-refractivity contribution in [1.29, 1.82) is 0 Å². The molecule has 0 aromatic heterocycles. The highest BCUT2D eigenvalue weighted by Gasteiger charge is 2.20. The molecule has 0 spiro atoms. The summed E-state index contributed by atoms with van der Waals surface area (Å²) in [5.41, 5.74) is 5.93. The quantitative estimate of drug-likeness (QED) is 0.526. The van der Waals surface area contributed by atoms with Crippen molar-refractivity contribution in [2.75, 3.05) is 0 Å². The van der Waals surface area contributed by atoms with Gasteiger partial charge in [-0.05, 0) is 84.2 Å². The summed E-state index contributed by atoms with van der Waals surface area (Å²) < 4.78 is 5.82. The Morgan fingerprint density at radius 2 is 1.59 bits per heavy atom. The molecule has 0 radical (unpaired) electrons. The van der Waals surface area contributed by atoms with Crippen molar-refractivity contribution < 1.29 is 14.6 Å². The van der Waals surface area contributed by atoms with Gasteiger partial charge in [-0.3, -0.25) is 0 Å². The fourth-order valence-electron chi connectivity index (χ4n) is 3.82. The van der Waals surface area contributed by atoms with Crippen LogP contribution in [0.5, 0.6) is 5.75 Å². The van der Waals surface area contributed by atoms with Gasteiger partial charge >= 0.3 is 5.97 Å². The Labute approximate surface area is 175 Å². The maximum absolute atomic E-state index is 11.7. The molecule has 4 heteroatoms. The Balaban J connectivity index is 1.39. The van der Waals surface area contributed by atoms with Gasteiger partial charge in [-0.25, -0.2) is 4.79 Å². The molecule has 1 aliphatic rings. The van der Waals surface area contributed by atoms with E-state index in [0.29, 0.717) is 23.6 Å². The van der Waals surface area contributed by atoms with Gasteiger partial charge < -0.3 is 9.84 Å². The van der Waals surface area contributed by atoms with Gasteiger partial charge in [0.05, 0.1) is 0 Å². The first-order chi connectivity index (χ1) is 14.1. The second-order valence-corrected chi connectivity index (χ2v) is 7.91. The van der Waals surface area contributed by atoms with Gasteiger partial charge in [0.25, 0.3) is 0 Å². The highest BCUT2D eigenvalue weighted by Crippen LogP contribution is 2.27. The van der Waals surface area contributed by atoms with Crippen molar-refractivity contribution in [1.82, 2.24) is 0 Å². The van der Waals surface area contributed by atoms with E-state index in [9.17, 15) is 9.90 Å². The molecule has 0 fully saturated rings. The fourth-order valence-corrected chi connectivity index (χ4v) is 3.95. The van der Waals surface area contributed by atoms with Crippen LogP contribution in [0.4, 0.5) is 0 Å². The van der Waals surface area contributed by atoms with E-state index in [1.54, 1.807) is 0 Å². The standard InChI is InChI=1S/C25H23ClO3/c26-22-12-9-20(10-13-22)19-7-4-17(5-8-19)6-15-24(25(27)28)29-23-14-11-18-2-1-3-21(18)16-23/h4-5,7-14,16,24H,1-3,6,15H2,(H,27,28). The van der Waals surface area contributed by atoms with E-state index in [1.165, 1.54) is 11.1 Å². The molecule has 1 aliphatic carbocycles. The average Bonchev–Trinajstić information content (AvgIpc) is 3.20. The van der Waals surface area contributed by atoms with E-state index in [2.05, 4.69) is 18.2 Å². The number of carboxylic acids is 1. The molecule has 1 N–H and O–H groups in total. The fraction of sp³-hybridized carbons (Fsp3) is 0.240. The molecule has 0 bridgehead atoms. The van der Waals surface area contributed by atoms with Crippen LogP contribution in [0.3, 0.4) is 0 Å². The number of hydrogen-bond donors (Lipinski definition) is 1. The first kappa shape index (κ1) is 19.5. The van der Waals surface area contributed by atoms with E-state index in [4.69, 9.17) is 16.3 Å². The van der Waals surface area contributed by atoms with Crippen molar-refractivity contribution in [3.8, 4) is 16.9 Å². The van der Waals surface area contributed by atoms with Crippen LogP contribution in [-0.2, 0) is 24.1 Å². The lowest BCUT2D eigenvalue weighted by Gasteiger charge is -2.16. The molecule has 0 amide bonds. The first-order valence-electron chi connectivity index (χ1n) is 9.94. The lowest BCUT2D eigenvalue weighted by atomic mass is 10.0. The minimum atomic E-state index is -0.928. The number of halogens is 1. The number of ether oxygens (including phenoxy) is 1. The van der Waals surface area contributed by atoms with Crippen LogP contribution in [0, 0.1) is 0 Å². The van der Waals surface area contributed by atoms with E-state index in [1.807, 2.05) is 48.5 Å². The average molecular weight is 407 g/mol. The third-order valence-corrected chi connectivity index (χ3v) is 5.70. The molecule has 3 nitrogen and oxygen atoms in total. The smallest absolute Gasteiger partial charge is 0.344 e. The first-order valence-corrected chi connectivity index (χ1v) is 10.3. The molecular formula is C25H23ClO3. The van der Waals surface area contributed by atoms with E-state index in [-0.39, 0.29) is 0 Å². The lowest BCUT2D eigenvalue weighted by molar-refractivity contribution is -0.145. The monoisotopic (exact) mass is 406 g/mol. The van der Waals surface area contributed by atoms with Gasteiger partial charge in [-0.2, -0.15) is 0 Å². The zero-order valence-corrected chi connectivity index (χ0v) is 16.9. The minimum absolute atomic E-state index is 0.423. The molecule has 0 heterocycles. The summed E-state index contributed by atoms with van der Waals surface area (Å²) in [5.74, 6) is -0.278. The summed E-state index contributed by atoms with van der Waals surface area (Å²) in [6, 6.07) is 21.9. The number of rotatable bonds is 7. The predicted octanol–water partition coefficient (Wildman–Crippen LogP) is 5.96. The molecule has 148 valence electrons. The van der Waals surface area contributed by atoms with Crippen LogP contribution in [0.25, 0.3) is 11.1 Å². The van der Waals surface area contributed by atoms with Crippen LogP contribution < -0.4 is 4.74 Å². The zero-order chi connectivity index (χ0) is 20.2. The molecular weight excluding hydrogens is 384 g/mol. The van der Waals surface area contributed by atoms with Crippen LogP contribution in [0.2, 0.25) is 5.02 Å². The SMILES string of the molecule is O=C(O)C(CCc1ccc(-c2ccc(Cl)cc2)cc1)Oc1ccc2c(c1)CCC2.